The van der Waals surface area contributed by atoms with Crippen LogP contribution in [0.15, 0.2) is 73.6 Å². The predicted molar refractivity (Wildman–Crippen MR) is 185 cm³/mol. The molecule has 0 amide bonds. The minimum Gasteiger partial charge on any atom is -0.399 e. The lowest BCUT2D eigenvalue weighted by atomic mass is 9.80. The van der Waals surface area contributed by atoms with Gasteiger partial charge in [-0.3, -0.25) is 4.70 Å². The molecule has 6 aromatic rings. The van der Waals surface area contributed by atoms with E-state index in [2.05, 4.69) is 64.8 Å². The molecule has 7 heterocycles. The summed E-state index contributed by atoms with van der Waals surface area (Å²) in [6.45, 7) is 12.3. The Hall–Kier alpha value is -3.68. The highest BCUT2D eigenvalue weighted by Gasteiger charge is 2.52. The Morgan fingerprint density at radius 2 is 1.23 bits per heavy atom. The smallest absolute Gasteiger partial charge is 0.399 e. The predicted octanol–water partition coefficient (Wildman–Crippen LogP) is 7.14. The maximum atomic E-state index is 6.04. The number of aryl methyl sites for hydroxylation is 2. The van der Waals surface area contributed by atoms with Crippen LogP contribution in [0.2, 0.25) is 15.7 Å². The summed E-state index contributed by atoms with van der Waals surface area (Å²) in [7, 11) is -0.352. The quantitative estimate of drug-likeness (QED) is 0.109. The fourth-order valence-corrected chi connectivity index (χ4v) is 5.28. The Bertz CT molecular complexity index is 1950. The van der Waals surface area contributed by atoms with E-state index in [0.29, 0.717) is 5.15 Å². The second-order valence-corrected chi connectivity index (χ2v) is 12.5. The van der Waals surface area contributed by atoms with Crippen LogP contribution >= 0.6 is 34.8 Å². The molecular formula is C32H35BCl3FN8O2. The third-order valence-electron chi connectivity index (χ3n) is 8.02. The molecule has 0 N–H and O–H groups in total. The van der Waals surface area contributed by atoms with Gasteiger partial charge in [-0.05, 0) is 93.6 Å². The lowest BCUT2D eigenvalue weighted by Crippen LogP contribution is -2.41. The minimum absolute atomic E-state index is 0. The first kappa shape index (κ1) is 36.2. The van der Waals surface area contributed by atoms with E-state index in [9.17, 15) is 0 Å². The van der Waals surface area contributed by atoms with E-state index in [1.807, 2.05) is 77.1 Å². The SMILES string of the molecule is CC1(C)OB(c2cnn3ccccc23)OC1(C)C.CCc1cnc(Cl)nc1-c1cnn2ccccc12.CCc1cnc(Cl)nc1Cl.F. The highest BCUT2D eigenvalue weighted by Crippen LogP contribution is 2.36. The molecule has 7 rings (SSSR count). The lowest BCUT2D eigenvalue weighted by Gasteiger charge is -2.32. The van der Waals surface area contributed by atoms with Crippen molar-refractivity contribution in [1.82, 2.24) is 39.2 Å². The van der Waals surface area contributed by atoms with Crippen LogP contribution in [-0.2, 0) is 22.2 Å². The van der Waals surface area contributed by atoms with Gasteiger partial charge in [0.05, 0.1) is 34.1 Å². The van der Waals surface area contributed by atoms with Crippen LogP contribution in [-0.4, -0.2) is 57.5 Å². The van der Waals surface area contributed by atoms with Gasteiger partial charge in [-0.15, -0.1) is 0 Å². The molecule has 0 saturated carbocycles. The first-order valence-electron chi connectivity index (χ1n) is 14.8. The van der Waals surface area contributed by atoms with Crippen LogP contribution in [0.1, 0.15) is 52.7 Å². The number of aromatic nitrogens is 8. The molecule has 15 heteroatoms. The third kappa shape index (κ3) is 7.90. The maximum absolute atomic E-state index is 6.04. The summed E-state index contributed by atoms with van der Waals surface area (Å²) in [5.74, 6) is 0. The summed E-state index contributed by atoms with van der Waals surface area (Å²) in [6.07, 6.45) is 12.6. The highest BCUT2D eigenvalue weighted by molar-refractivity contribution is 6.64. The van der Waals surface area contributed by atoms with Crippen LogP contribution in [0.4, 0.5) is 4.70 Å². The first-order chi connectivity index (χ1) is 21.9. The Labute approximate surface area is 288 Å². The molecule has 0 bridgehead atoms. The second kappa shape index (κ2) is 15.0. The number of halogens is 4. The minimum atomic E-state index is -0.352. The number of nitrogens with zero attached hydrogens (tertiary/aromatic N) is 8. The number of rotatable bonds is 4. The molecule has 0 unspecified atom stereocenters. The van der Waals surface area contributed by atoms with E-state index < -0.39 is 0 Å². The van der Waals surface area contributed by atoms with Gasteiger partial charge in [-0.25, -0.2) is 29.0 Å². The van der Waals surface area contributed by atoms with Gasteiger partial charge in [0.15, 0.2) is 0 Å². The zero-order chi connectivity index (χ0) is 33.1. The number of hydrogen-bond acceptors (Lipinski definition) is 8. The zero-order valence-electron chi connectivity index (χ0n) is 26.9. The van der Waals surface area contributed by atoms with Crippen molar-refractivity contribution in [3.63, 3.8) is 0 Å². The van der Waals surface area contributed by atoms with Gasteiger partial charge in [-0.1, -0.05) is 37.6 Å². The van der Waals surface area contributed by atoms with E-state index in [1.54, 1.807) is 12.4 Å². The van der Waals surface area contributed by atoms with Gasteiger partial charge in [0.25, 0.3) is 0 Å². The van der Waals surface area contributed by atoms with E-state index in [4.69, 9.17) is 44.1 Å². The van der Waals surface area contributed by atoms with Gasteiger partial charge in [-0.2, -0.15) is 10.2 Å². The van der Waals surface area contributed by atoms with Gasteiger partial charge in [0, 0.05) is 47.6 Å². The molecule has 10 nitrogen and oxygen atoms in total. The monoisotopic (exact) mass is 698 g/mol. The standard InChI is InChI=1S/C13H17BN2O2.C13H11ClN4.C6H6Cl2N2.FH/c1-12(2)13(3,4)18-14(17-12)10-9-15-16-8-6-5-7-11(10)16;1-2-9-7-15-13(14)17-12(9)10-8-16-18-6-4-3-5-11(10)18;1-2-4-3-9-6(8)10-5(4)7;/h5-9H,1-4H3;3-8H,2H2,1H3;3H,2H2,1H3;1H. The maximum Gasteiger partial charge on any atom is 0.498 e. The topological polar surface area (TPSA) is 105 Å². The summed E-state index contributed by atoms with van der Waals surface area (Å²) >= 11 is 17.1. The average Bonchev–Trinajstić information content (AvgIpc) is 3.71. The zero-order valence-corrected chi connectivity index (χ0v) is 29.1. The molecule has 6 aromatic heterocycles. The molecule has 1 saturated heterocycles. The Kier molecular flexibility index (Phi) is 11.6. The van der Waals surface area contributed by atoms with Crippen molar-refractivity contribution in [2.24, 2.45) is 0 Å². The number of hydrogen-bond donors (Lipinski definition) is 0. The second-order valence-electron chi connectivity index (χ2n) is 11.5. The van der Waals surface area contributed by atoms with Gasteiger partial charge in [0.2, 0.25) is 10.6 Å². The summed E-state index contributed by atoms with van der Waals surface area (Å²) in [5, 5.41) is 9.53. The Balaban J connectivity index is 0.000000165. The summed E-state index contributed by atoms with van der Waals surface area (Å²) in [4.78, 5) is 15.9. The van der Waals surface area contributed by atoms with Crippen molar-refractivity contribution in [3.05, 3.63) is 100 Å². The average molecular weight is 700 g/mol. The van der Waals surface area contributed by atoms with E-state index in [0.717, 1.165) is 51.7 Å². The van der Waals surface area contributed by atoms with Crippen molar-refractivity contribution < 1.29 is 14.0 Å². The van der Waals surface area contributed by atoms with Crippen molar-refractivity contribution in [2.45, 2.75) is 65.6 Å². The van der Waals surface area contributed by atoms with Crippen molar-refractivity contribution >= 4 is 58.4 Å². The van der Waals surface area contributed by atoms with Crippen molar-refractivity contribution in [3.8, 4) is 11.3 Å². The summed E-state index contributed by atoms with van der Waals surface area (Å²) < 4.78 is 15.7. The molecule has 47 heavy (non-hydrogen) atoms. The molecule has 0 spiro atoms. The molecule has 0 aromatic carbocycles. The van der Waals surface area contributed by atoms with Crippen LogP contribution in [0.25, 0.3) is 22.3 Å². The summed E-state index contributed by atoms with van der Waals surface area (Å²) in [6, 6.07) is 11.9. The van der Waals surface area contributed by atoms with Crippen LogP contribution in [0, 0.1) is 0 Å². The summed E-state index contributed by atoms with van der Waals surface area (Å²) in [5.41, 5.74) is 6.22. The molecular weight excluding hydrogens is 665 g/mol. The fraction of sp³-hybridized carbons (Fsp3) is 0.312. The van der Waals surface area contributed by atoms with E-state index in [1.165, 1.54) is 0 Å². The molecule has 0 atom stereocenters. The van der Waals surface area contributed by atoms with Gasteiger partial charge >= 0.3 is 7.12 Å². The molecule has 1 aliphatic rings. The Morgan fingerprint density at radius 3 is 1.83 bits per heavy atom. The van der Waals surface area contributed by atoms with Gasteiger partial charge < -0.3 is 9.31 Å². The van der Waals surface area contributed by atoms with Gasteiger partial charge in [0.1, 0.15) is 5.15 Å². The first-order valence-corrected chi connectivity index (χ1v) is 16.0. The van der Waals surface area contributed by atoms with E-state index in [-0.39, 0.29) is 33.6 Å². The molecule has 0 aliphatic carbocycles. The number of fused-ring (bicyclic) bond motifs is 2. The Morgan fingerprint density at radius 1 is 0.702 bits per heavy atom. The molecule has 1 aliphatic heterocycles. The van der Waals surface area contributed by atoms with Crippen LogP contribution in [0.3, 0.4) is 0 Å². The van der Waals surface area contributed by atoms with E-state index >= 15 is 0 Å². The van der Waals surface area contributed by atoms with Crippen LogP contribution < -0.4 is 5.46 Å². The largest absolute Gasteiger partial charge is 0.498 e. The fourth-order valence-electron chi connectivity index (χ4n) is 4.70. The normalized spacial score (nSPS) is 14.6. The van der Waals surface area contributed by atoms with Crippen LogP contribution in [0.5, 0.6) is 0 Å². The van der Waals surface area contributed by atoms with Crippen molar-refractivity contribution in [1.29, 1.82) is 0 Å². The molecule has 0 radical (unpaired) electrons. The molecule has 1 fully saturated rings. The highest BCUT2D eigenvalue weighted by atomic mass is 35.5. The number of pyridine rings is 2. The van der Waals surface area contributed by atoms with Crippen molar-refractivity contribution in [2.75, 3.05) is 0 Å². The third-order valence-corrected chi connectivity index (χ3v) is 8.72. The molecule has 246 valence electrons. The lowest BCUT2D eigenvalue weighted by molar-refractivity contribution is 0.00578.